The molecule has 1 heterocycles. The zero-order valence-electron chi connectivity index (χ0n) is 17.2. The van der Waals surface area contributed by atoms with Gasteiger partial charge >= 0.3 is 5.97 Å². The van der Waals surface area contributed by atoms with E-state index in [1.165, 1.54) is 6.07 Å². The Labute approximate surface area is 165 Å². The predicted molar refractivity (Wildman–Crippen MR) is 105 cm³/mol. The Morgan fingerprint density at radius 3 is 2.57 bits per heavy atom. The third-order valence-electron chi connectivity index (χ3n) is 4.69. The zero-order chi connectivity index (χ0) is 20.7. The van der Waals surface area contributed by atoms with Crippen LogP contribution in [0.3, 0.4) is 0 Å². The lowest BCUT2D eigenvalue weighted by Crippen LogP contribution is -2.49. The monoisotopic (exact) mass is 388 g/mol. The van der Waals surface area contributed by atoms with Gasteiger partial charge in [-0.05, 0) is 44.6 Å². The van der Waals surface area contributed by atoms with Gasteiger partial charge in [0.1, 0.15) is 17.1 Å². The number of ether oxygens (including phenoxy) is 1. The number of hydrogen-bond acceptors (Lipinski definition) is 5. The zero-order valence-corrected chi connectivity index (χ0v) is 17.2. The van der Waals surface area contributed by atoms with Crippen molar-refractivity contribution in [3.8, 4) is 11.3 Å². The van der Waals surface area contributed by atoms with Gasteiger partial charge in [-0.3, -0.25) is 0 Å². The summed E-state index contributed by atoms with van der Waals surface area (Å²) >= 11 is 0. The molecule has 0 radical (unpaired) electrons. The summed E-state index contributed by atoms with van der Waals surface area (Å²) in [6, 6.07) is 5.06. The number of carbonyl (C=O) groups is 1. The van der Waals surface area contributed by atoms with Crippen molar-refractivity contribution < 1.29 is 13.9 Å². The van der Waals surface area contributed by atoms with E-state index in [1.54, 1.807) is 26.0 Å². The molecule has 1 aromatic carbocycles. The molecule has 1 aliphatic carbocycles. The molecule has 2 aromatic rings. The van der Waals surface area contributed by atoms with Crippen LogP contribution in [-0.4, -0.2) is 27.1 Å². The average Bonchev–Trinajstić information content (AvgIpc) is 3.29. The highest BCUT2D eigenvalue weighted by molar-refractivity contribution is 5.83. The van der Waals surface area contributed by atoms with E-state index in [2.05, 4.69) is 10.3 Å². The van der Waals surface area contributed by atoms with Crippen LogP contribution in [0.4, 0.5) is 4.39 Å². The highest BCUT2D eigenvalue weighted by Crippen LogP contribution is 2.37. The Kier molecular flexibility index (Phi) is 5.32. The lowest BCUT2D eigenvalue weighted by atomic mass is 9.76. The number of nitrogens with zero attached hydrogens (tertiary/aromatic N) is 3. The summed E-state index contributed by atoms with van der Waals surface area (Å²) in [7, 11) is 0. The predicted octanol–water partition coefficient (Wildman–Crippen LogP) is 3.96. The largest absolute Gasteiger partial charge is 0.461 e. The van der Waals surface area contributed by atoms with Crippen LogP contribution in [0, 0.1) is 11.2 Å². The number of halogens is 1. The molecule has 6 nitrogen and oxygen atoms in total. The number of rotatable bonds is 6. The van der Waals surface area contributed by atoms with Gasteiger partial charge in [-0.25, -0.2) is 13.9 Å². The van der Waals surface area contributed by atoms with E-state index in [0.717, 1.165) is 12.8 Å². The summed E-state index contributed by atoms with van der Waals surface area (Å²) < 4.78 is 22.3. The van der Waals surface area contributed by atoms with Crippen LogP contribution in [0.1, 0.15) is 65.5 Å². The molecule has 1 aromatic heterocycles. The molecular formula is C21H29FN4O2. The molecule has 152 valence electrons. The van der Waals surface area contributed by atoms with E-state index < -0.39 is 17.3 Å². The first-order valence-corrected chi connectivity index (χ1v) is 9.72. The van der Waals surface area contributed by atoms with Crippen LogP contribution in [0.5, 0.6) is 0 Å². The fourth-order valence-electron chi connectivity index (χ4n) is 3.40. The van der Waals surface area contributed by atoms with E-state index in [4.69, 9.17) is 10.5 Å². The van der Waals surface area contributed by atoms with Gasteiger partial charge < -0.3 is 10.5 Å². The van der Waals surface area contributed by atoms with Gasteiger partial charge in [0.2, 0.25) is 0 Å². The van der Waals surface area contributed by atoms with E-state index in [-0.39, 0.29) is 23.5 Å². The topological polar surface area (TPSA) is 83.0 Å². The van der Waals surface area contributed by atoms with E-state index in [9.17, 15) is 4.79 Å². The Hall–Kier alpha value is -2.28. The normalized spacial score (nSPS) is 16.9. The van der Waals surface area contributed by atoms with E-state index in [1.807, 2.05) is 31.6 Å². The van der Waals surface area contributed by atoms with Crippen LogP contribution in [0.25, 0.3) is 11.3 Å². The van der Waals surface area contributed by atoms with Crippen molar-refractivity contribution in [1.82, 2.24) is 15.0 Å². The molecule has 0 bridgehead atoms. The molecule has 3 rings (SSSR count). The van der Waals surface area contributed by atoms with Gasteiger partial charge in [0, 0.05) is 11.1 Å². The van der Waals surface area contributed by atoms with Crippen molar-refractivity contribution in [1.29, 1.82) is 0 Å². The van der Waals surface area contributed by atoms with Crippen LogP contribution in [-0.2, 0) is 15.1 Å². The van der Waals surface area contributed by atoms with E-state index in [0.29, 0.717) is 17.3 Å². The molecule has 1 unspecified atom stereocenters. The van der Waals surface area contributed by atoms with Crippen molar-refractivity contribution in [2.24, 2.45) is 11.1 Å². The minimum absolute atomic E-state index is 0.131. The summed E-state index contributed by atoms with van der Waals surface area (Å²) in [5.41, 5.74) is 5.95. The van der Waals surface area contributed by atoms with Gasteiger partial charge in [-0.2, -0.15) is 0 Å². The Morgan fingerprint density at radius 1 is 1.36 bits per heavy atom. The smallest absolute Gasteiger partial charge is 0.331 e. The minimum atomic E-state index is -1.57. The first kappa shape index (κ1) is 20.5. The number of carbonyl (C=O) groups excluding carboxylic acids is 1. The molecule has 7 heteroatoms. The first-order valence-electron chi connectivity index (χ1n) is 9.72. The lowest BCUT2D eigenvalue weighted by molar-refractivity contribution is -0.156. The minimum Gasteiger partial charge on any atom is -0.461 e. The van der Waals surface area contributed by atoms with Crippen LogP contribution < -0.4 is 5.73 Å². The molecule has 0 aliphatic heterocycles. The molecule has 0 amide bonds. The quantitative estimate of drug-likeness (QED) is 0.757. The van der Waals surface area contributed by atoms with Gasteiger partial charge in [-0.1, -0.05) is 38.1 Å². The summed E-state index contributed by atoms with van der Waals surface area (Å²) in [4.78, 5) is 12.8. The SMILES string of the molecule is CC(C)OC(=O)C(N)(CC(C)(C)C)c1ccc(-c2cn(C3CC3)nn2)cc1F. The molecule has 2 N–H and O–H groups in total. The second-order valence-corrected chi connectivity index (χ2v) is 9.17. The number of nitrogens with two attached hydrogens (primary N) is 1. The third-order valence-corrected chi connectivity index (χ3v) is 4.69. The van der Waals surface area contributed by atoms with Crippen molar-refractivity contribution in [2.45, 2.75) is 71.6 Å². The maximum Gasteiger partial charge on any atom is 0.331 e. The maximum absolute atomic E-state index is 15.1. The van der Waals surface area contributed by atoms with Gasteiger partial charge in [-0.15, -0.1) is 5.10 Å². The fourth-order valence-corrected chi connectivity index (χ4v) is 3.40. The molecule has 1 atom stereocenters. The van der Waals surface area contributed by atoms with Gasteiger partial charge in [0.25, 0.3) is 0 Å². The second-order valence-electron chi connectivity index (χ2n) is 9.17. The summed E-state index contributed by atoms with van der Waals surface area (Å²) in [5, 5.41) is 8.25. The fraction of sp³-hybridized carbons (Fsp3) is 0.571. The lowest BCUT2D eigenvalue weighted by Gasteiger charge is -2.34. The Morgan fingerprint density at radius 2 is 2.04 bits per heavy atom. The van der Waals surface area contributed by atoms with Crippen molar-refractivity contribution in [2.75, 3.05) is 0 Å². The van der Waals surface area contributed by atoms with E-state index >= 15 is 4.39 Å². The standard InChI is InChI=1S/C21H29FN4O2/c1-13(2)28-19(27)21(23,12-20(3,4)5)16-9-6-14(10-17(16)22)18-11-26(25-24-18)15-7-8-15/h6,9-11,13,15H,7-8,12,23H2,1-5H3. The molecular weight excluding hydrogens is 359 g/mol. The van der Waals surface area contributed by atoms with Crippen LogP contribution in [0.2, 0.25) is 0 Å². The number of hydrogen-bond donors (Lipinski definition) is 1. The molecule has 1 fully saturated rings. The van der Waals surface area contributed by atoms with Gasteiger partial charge in [0.05, 0.1) is 18.3 Å². The molecule has 28 heavy (non-hydrogen) atoms. The number of benzene rings is 1. The van der Waals surface area contributed by atoms with Gasteiger partial charge in [0.15, 0.2) is 0 Å². The number of aromatic nitrogens is 3. The highest BCUT2D eigenvalue weighted by atomic mass is 19.1. The van der Waals surface area contributed by atoms with Crippen molar-refractivity contribution in [3.63, 3.8) is 0 Å². The molecule has 1 aliphatic rings. The Bertz CT molecular complexity index is 868. The van der Waals surface area contributed by atoms with Crippen LogP contribution in [0.15, 0.2) is 24.4 Å². The summed E-state index contributed by atoms with van der Waals surface area (Å²) in [6.45, 7) is 9.37. The number of esters is 1. The molecule has 0 saturated heterocycles. The molecule has 0 spiro atoms. The highest BCUT2D eigenvalue weighted by Gasteiger charge is 2.43. The van der Waals surface area contributed by atoms with Crippen LogP contribution >= 0.6 is 0 Å². The average molecular weight is 388 g/mol. The third kappa shape index (κ3) is 4.41. The second kappa shape index (κ2) is 7.28. The first-order chi connectivity index (χ1) is 13.0. The van der Waals surface area contributed by atoms with Crippen molar-refractivity contribution in [3.05, 3.63) is 35.8 Å². The Balaban J connectivity index is 1.96. The van der Waals surface area contributed by atoms with Crippen molar-refractivity contribution >= 4 is 5.97 Å². The maximum atomic E-state index is 15.1. The summed E-state index contributed by atoms with van der Waals surface area (Å²) in [5.74, 6) is -1.17. The summed E-state index contributed by atoms with van der Waals surface area (Å²) in [6.07, 6.45) is 3.92. The molecule has 1 saturated carbocycles.